The van der Waals surface area contributed by atoms with Crippen molar-refractivity contribution in [1.82, 2.24) is 19.6 Å². The highest BCUT2D eigenvalue weighted by Crippen LogP contribution is 2.30. The van der Waals surface area contributed by atoms with Gasteiger partial charge in [0.05, 0.1) is 39.0 Å². The van der Waals surface area contributed by atoms with E-state index in [2.05, 4.69) is 10.2 Å². The largest absolute Gasteiger partial charge is 0.493 e. The number of nitrogens with zero attached hydrogens (tertiary/aromatic N) is 4. The van der Waals surface area contributed by atoms with Gasteiger partial charge >= 0.3 is 0 Å². The van der Waals surface area contributed by atoms with E-state index in [4.69, 9.17) is 14.2 Å². The third-order valence-corrected chi connectivity index (χ3v) is 3.66. The molecule has 0 fully saturated rings. The summed E-state index contributed by atoms with van der Waals surface area (Å²) in [5, 5.41) is 9.70. The molecule has 0 spiro atoms. The number of fused-ring (bicyclic) bond motifs is 1. The van der Waals surface area contributed by atoms with Crippen LogP contribution in [0.4, 0.5) is 0 Å². The molecule has 126 valence electrons. The summed E-state index contributed by atoms with van der Waals surface area (Å²) in [6, 6.07) is 5.11. The van der Waals surface area contributed by atoms with Crippen molar-refractivity contribution in [1.29, 1.82) is 0 Å². The van der Waals surface area contributed by atoms with Crippen molar-refractivity contribution in [2.75, 3.05) is 27.9 Å². The van der Waals surface area contributed by atoms with E-state index in [1.807, 2.05) is 0 Å². The molecular formula is C16H18N4O4. The van der Waals surface area contributed by atoms with Gasteiger partial charge in [-0.25, -0.2) is 0 Å². The van der Waals surface area contributed by atoms with E-state index >= 15 is 0 Å². The Hall–Kier alpha value is -2.87. The summed E-state index contributed by atoms with van der Waals surface area (Å²) in [6.07, 6.45) is 3.38. The second-order valence-electron chi connectivity index (χ2n) is 5.09. The second-order valence-corrected chi connectivity index (χ2v) is 5.09. The second kappa shape index (κ2) is 6.71. The van der Waals surface area contributed by atoms with E-state index in [0.29, 0.717) is 41.2 Å². The van der Waals surface area contributed by atoms with Gasteiger partial charge in [0, 0.05) is 24.8 Å². The molecule has 0 saturated heterocycles. The lowest BCUT2D eigenvalue weighted by atomic mass is 10.2. The Labute approximate surface area is 138 Å². The maximum atomic E-state index is 12.8. The van der Waals surface area contributed by atoms with Crippen molar-refractivity contribution in [2.24, 2.45) is 0 Å². The van der Waals surface area contributed by atoms with Crippen LogP contribution in [0.15, 0.2) is 35.4 Å². The minimum absolute atomic E-state index is 0.273. The molecule has 0 aliphatic rings. The van der Waals surface area contributed by atoms with Gasteiger partial charge < -0.3 is 14.2 Å². The Bertz CT molecular complexity index is 916. The lowest BCUT2D eigenvalue weighted by molar-refractivity contribution is 0.183. The van der Waals surface area contributed by atoms with E-state index in [1.165, 1.54) is 11.8 Å². The minimum atomic E-state index is -0.273. The van der Waals surface area contributed by atoms with Crippen LogP contribution in [0, 0.1) is 0 Å². The van der Waals surface area contributed by atoms with Crippen LogP contribution in [0.25, 0.3) is 16.6 Å². The number of rotatable bonds is 6. The van der Waals surface area contributed by atoms with Crippen LogP contribution in [0.3, 0.4) is 0 Å². The molecule has 3 rings (SSSR count). The standard InChI is InChI=1S/C16H18N4O4/c1-22-7-6-19-5-4-15(18-19)20-16(21)12-9-14(24-3)13(23-2)8-11(12)10-17-20/h4-5,8-10H,6-7H2,1-3H3. The van der Waals surface area contributed by atoms with Gasteiger partial charge in [-0.3, -0.25) is 9.48 Å². The summed E-state index contributed by atoms with van der Waals surface area (Å²) in [7, 11) is 4.70. The molecule has 0 atom stereocenters. The van der Waals surface area contributed by atoms with Gasteiger partial charge in [-0.1, -0.05) is 0 Å². The fraction of sp³-hybridized carbons (Fsp3) is 0.312. The van der Waals surface area contributed by atoms with Gasteiger partial charge in [0.15, 0.2) is 17.3 Å². The number of aromatic nitrogens is 4. The Kier molecular flexibility index (Phi) is 4.48. The summed E-state index contributed by atoms with van der Waals surface area (Å²) in [5.41, 5.74) is -0.273. The monoisotopic (exact) mass is 330 g/mol. The minimum Gasteiger partial charge on any atom is -0.493 e. The first-order valence-corrected chi connectivity index (χ1v) is 7.34. The zero-order chi connectivity index (χ0) is 17.1. The molecule has 1 aromatic carbocycles. The summed E-state index contributed by atoms with van der Waals surface area (Å²) in [5.74, 6) is 1.49. The predicted molar refractivity (Wildman–Crippen MR) is 88.1 cm³/mol. The number of benzene rings is 1. The highest BCUT2D eigenvalue weighted by Gasteiger charge is 2.13. The van der Waals surface area contributed by atoms with Crippen LogP contribution >= 0.6 is 0 Å². The summed E-state index contributed by atoms with van der Waals surface area (Å²) in [4.78, 5) is 12.8. The first kappa shape index (κ1) is 16.0. The first-order chi connectivity index (χ1) is 11.7. The Morgan fingerprint density at radius 2 is 1.88 bits per heavy atom. The molecule has 0 amide bonds. The Morgan fingerprint density at radius 3 is 2.58 bits per heavy atom. The molecule has 24 heavy (non-hydrogen) atoms. The van der Waals surface area contributed by atoms with E-state index in [9.17, 15) is 4.79 Å². The molecule has 2 heterocycles. The van der Waals surface area contributed by atoms with E-state index in [-0.39, 0.29) is 5.56 Å². The van der Waals surface area contributed by atoms with Crippen molar-refractivity contribution in [3.63, 3.8) is 0 Å². The van der Waals surface area contributed by atoms with Crippen LogP contribution < -0.4 is 15.0 Å². The SMILES string of the molecule is COCCn1ccc(-n2ncc3cc(OC)c(OC)cc3c2=O)n1. The molecule has 0 radical (unpaired) electrons. The normalized spacial score (nSPS) is 11.0. The first-order valence-electron chi connectivity index (χ1n) is 7.34. The third-order valence-electron chi connectivity index (χ3n) is 3.66. The van der Waals surface area contributed by atoms with E-state index in [0.717, 1.165) is 0 Å². The summed E-state index contributed by atoms with van der Waals surface area (Å²) < 4.78 is 18.5. The molecule has 0 saturated carbocycles. The molecule has 0 bridgehead atoms. The van der Waals surface area contributed by atoms with Gasteiger partial charge in [-0.05, 0) is 12.1 Å². The Morgan fingerprint density at radius 1 is 1.12 bits per heavy atom. The highest BCUT2D eigenvalue weighted by molar-refractivity contribution is 5.84. The van der Waals surface area contributed by atoms with Crippen molar-refractivity contribution in [2.45, 2.75) is 6.54 Å². The van der Waals surface area contributed by atoms with Crippen molar-refractivity contribution < 1.29 is 14.2 Å². The zero-order valence-corrected chi connectivity index (χ0v) is 13.7. The van der Waals surface area contributed by atoms with Gasteiger partial charge in [-0.15, -0.1) is 0 Å². The van der Waals surface area contributed by atoms with Gasteiger partial charge in [0.2, 0.25) is 0 Å². The van der Waals surface area contributed by atoms with Crippen molar-refractivity contribution in [3.05, 3.63) is 40.9 Å². The van der Waals surface area contributed by atoms with E-state index < -0.39 is 0 Å². The highest BCUT2D eigenvalue weighted by atomic mass is 16.5. The predicted octanol–water partition coefficient (Wildman–Crippen LogP) is 1.25. The molecule has 8 heteroatoms. The molecule has 2 aromatic heterocycles. The van der Waals surface area contributed by atoms with Gasteiger partial charge in [0.1, 0.15) is 0 Å². The number of hydrogen-bond donors (Lipinski definition) is 0. The van der Waals surface area contributed by atoms with E-state index in [1.54, 1.807) is 49.5 Å². The fourth-order valence-electron chi connectivity index (χ4n) is 2.41. The lowest BCUT2D eigenvalue weighted by Gasteiger charge is -2.09. The molecule has 8 nitrogen and oxygen atoms in total. The van der Waals surface area contributed by atoms with Gasteiger partial charge in [0.25, 0.3) is 5.56 Å². The van der Waals surface area contributed by atoms with Gasteiger partial charge in [-0.2, -0.15) is 14.9 Å². The number of ether oxygens (including phenoxy) is 3. The smallest absolute Gasteiger partial charge is 0.281 e. The maximum Gasteiger partial charge on any atom is 0.281 e. The molecule has 0 aliphatic heterocycles. The number of methoxy groups -OCH3 is 3. The zero-order valence-electron chi connectivity index (χ0n) is 13.7. The Balaban J connectivity index is 2.08. The molecular weight excluding hydrogens is 312 g/mol. The average molecular weight is 330 g/mol. The van der Waals surface area contributed by atoms with Crippen LogP contribution in [0.2, 0.25) is 0 Å². The quantitative estimate of drug-likeness (QED) is 0.676. The molecule has 0 N–H and O–H groups in total. The summed E-state index contributed by atoms with van der Waals surface area (Å²) >= 11 is 0. The topological polar surface area (TPSA) is 80.4 Å². The molecule has 3 aromatic rings. The maximum absolute atomic E-state index is 12.8. The van der Waals surface area contributed by atoms with Crippen LogP contribution in [-0.4, -0.2) is 47.5 Å². The number of hydrogen-bond acceptors (Lipinski definition) is 6. The van der Waals surface area contributed by atoms with Crippen LogP contribution in [-0.2, 0) is 11.3 Å². The molecule has 0 aliphatic carbocycles. The van der Waals surface area contributed by atoms with Crippen molar-refractivity contribution >= 4 is 10.8 Å². The van der Waals surface area contributed by atoms with Crippen LogP contribution in [0.5, 0.6) is 11.5 Å². The third kappa shape index (κ3) is 2.83. The van der Waals surface area contributed by atoms with Crippen LogP contribution in [0.1, 0.15) is 0 Å². The molecule has 0 unspecified atom stereocenters. The fourth-order valence-corrected chi connectivity index (χ4v) is 2.41. The lowest BCUT2D eigenvalue weighted by Crippen LogP contribution is -2.21. The summed E-state index contributed by atoms with van der Waals surface area (Å²) in [6.45, 7) is 1.14. The van der Waals surface area contributed by atoms with Crippen molar-refractivity contribution in [3.8, 4) is 17.3 Å². The average Bonchev–Trinajstić information content (AvgIpc) is 3.07.